The minimum absolute atomic E-state index is 0.311. The highest BCUT2D eigenvalue weighted by Crippen LogP contribution is 2.29. The third kappa shape index (κ3) is 2.80. The van der Waals surface area contributed by atoms with Crippen molar-refractivity contribution in [2.45, 2.75) is 19.3 Å². The summed E-state index contributed by atoms with van der Waals surface area (Å²) in [6.07, 6.45) is 3.98. The van der Waals surface area contributed by atoms with Crippen LogP contribution < -0.4 is 4.90 Å². The molecule has 17 heavy (non-hydrogen) atoms. The van der Waals surface area contributed by atoms with Crippen molar-refractivity contribution in [2.24, 2.45) is 5.92 Å². The van der Waals surface area contributed by atoms with Gasteiger partial charge < -0.3 is 10.0 Å². The average Bonchev–Trinajstić information content (AvgIpc) is 2.22. The Hall–Kier alpha value is -1.03. The van der Waals surface area contributed by atoms with Crippen molar-refractivity contribution < 1.29 is 9.90 Å². The van der Waals surface area contributed by atoms with Gasteiger partial charge in [0, 0.05) is 23.8 Å². The highest BCUT2D eigenvalue weighted by atomic mass is 79.9. The van der Waals surface area contributed by atoms with E-state index in [1.165, 1.54) is 19.3 Å². The van der Waals surface area contributed by atoms with Crippen LogP contribution in [-0.4, -0.2) is 24.7 Å². The Kier molecular flexibility index (Phi) is 3.72. The van der Waals surface area contributed by atoms with E-state index in [1.54, 1.807) is 6.07 Å². The number of carboxylic acids is 1. The molecule has 4 heteroatoms. The molecule has 0 unspecified atom stereocenters. The zero-order valence-electron chi connectivity index (χ0n) is 9.82. The molecule has 0 atom stereocenters. The Bertz CT molecular complexity index is 429. The third-order valence-electron chi connectivity index (χ3n) is 3.38. The molecule has 1 aromatic rings. The number of anilines is 1. The molecule has 0 aromatic heterocycles. The molecule has 1 fully saturated rings. The van der Waals surface area contributed by atoms with E-state index in [0.717, 1.165) is 18.2 Å². The van der Waals surface area contributed by atoms with E-state index in [4.69, 9.17) is 5.11 Å². The van der Waals surface area contributed by atoms with Gasteiger partial charge in [0.2, 0.25) is 0 Å². The van der Waals surface area contributed by atoms with Gasteiger partial charge in [0.1, 0.15) is 0 Å². The summed E-state index contributed by atoms with van der Waals surface area (Å²) in [6, 6.07) is 5.40. The molecule has 0 aliphatic heterocycles. The molecule has 1 aliphatic rings. The van der Waals surface area contributed by atoms with Crippen molar-refractivity contribution in [1.29, 1.82) is 0 Å². The maximum Gasteiger partial charge on any atom is 0.336 e. The van der Waals surface area contributed by atoms with Gasteiger partial charge in [-0.15, -0.1) is 0 Å². The summed E-state index contributed by atoms with van der Waals surface area (Å²) in [4.78, 5) is 13.1. The van der Waals surface area contributed by atoms with Gasteiger partial charge >= 0.3 is 5.97 Å². The molecule has 0 heterocycles. The number of hydrogen-bond donors (Lipinski definition) is 1. The summed E-state index contributed by atoms with van der Waals surface area (Å²) in [7, 11) is 2.06. The summed E-state index contributed by atoms with van der Waals surface area (Å²) >= 11 is 3.31. The summed E-state index contributed by atoms with van der Waals surface area (Å²) in [6.45, 7) is 1.05. The molecular formula is C13H16BrNO2. The summed E-state index contributed by atoms with van der Waals surface area (Å²) in [5.74, 6) is -0.0944. The van der Waals surface area contributed by atoms with Gasteiger partial charge in [0.15, 0.2) is 0 Å². The fourth-order valence-corrected chi connectivity index (χ4v) is 2.62. The van der Waals surface area contributed by atoms with Crippen molar-refractivity contribution in [1.82, 2.24) is 0 Å². The Morgan fingerprint density at radius 2 is 2.24 bits per heavy atom. The van der Waals surface area contributed by atoms with Crippen molar-refractivity contribution in [3.05, 3.63) is 28.2 Å². The number of nitrogens with zero attached hydrogens (tertiary/aromatic N) is 1. The third-order valence-corrected chi connectivity index (χ3v) is 4.04. The van der Waals surface area contributed by atoms with E-state index < -0.39 is 5.97 Å². The minimum atomic E-state index is -0.898. The Morgan fingerprint density at radius 1 is 1.53 bits per heavy atom. The molecule has 2 rings (SSSR count). The fraction of sp³-hybridized carbons (Fsp3) is 0.462. The predicted octanol–water partition coefficient (Wildman–Crippen LogP) is 3.38. The van der Waals surface area contributed by atoms with Crippen LogP contribution in [0.25, 0.3) is 0 Å². The average molecular weight is 298 g/mol. The number of hydrogen-bond acceptors (Lipinski definition) is 2. The highest BCUT2D eigenvalue weighted by molar-refractivity contribution is 9.10. The second-order valence-corrected chi connectivity index (χ2v) is 5.50. The lowest BCUT2D eigenvalue weighted by atomic mass is 9.85. The first-order valence-corrected chi connectivity index (χ1v) is 6.61. The number of benzene rings is 1. The molecule has 0 spiro atoms. The van der Waals surface area contributed by atoms with Crippen LogP contribution in [0.1, 0.15) is 29.6 Å². The van der Waals surface area contributed by atoms with Gasteiger partial charge in [-0.2, -0.15) is 0 Å². The van der Waals surface area contributed by atoms with Crippen molar-refractivity contribution >= 4 is 27.6 Å². The molecule has 1 aliphatic carbocycles. The fourth-order valence-electron chi connectivity index (χ4n) is 2.08. The molecule has 92 valence electrons. The number of carboxylic acid groups (broad SMARTS) is 1. The minimum Gasteiger partial charge on any atom is -0.478 e. The SMILES string of the molecule is CN(CC1CCC1)c1ccc(C(=O)O)c(Br)c1. The van der Waals surface area contributed by atoms with E-state index in [2.05, 4.69) is 27.9 Å². The second kappa shape index (κ2) is 5.08. The molecule has 3 nitrogen and oxygen atoms in total. The molecule has 1 N–H and O–H groups in total. The van der Waals surface area contributed by atoms with E-state index in [-0.39, 0.29) is 0 Å². The van der Waals surface area contributed by atoms with Gasteiger partial charge in [-0.05, 0) is 52.9 Å². The zero-order chi connectivity index (χ0) is 12.4. The number of rotatable bonds is 4. The van der Waals surface area contributed by atoms with Crippen LogP contribution in [0.15, 0.2) is 22.7 Å². The molecule has 0 radical (unpaired) electrons. The molecular weight excluding hydrogens is 282 g/mol. The second-order valence-electron chi connectivity index (χ2n) is 4.65. The lowest BCUT2D eigenvalue weighted by Crippen LogP contribution is -2.29. The lowest BCUT2D eigenvalue weighted by Gasteiger charge is -2.31. The number of halogens is 1. The van der Waals surface area contributed by atoms with E-state index in [1.807, 2.05) is 12.1 Å². The normalized spacial score (nSPS) is 15.4. The molecule has 0 saturated heterocycles. The van der Waals surface area contributed by atoms with Gasteiger partial charge in [-0.3, -0.25) is 0 Å². The van der Waals surface area contributed by atoms with Crippen LogP contribution in [0.3, 0.4) is 0 Å². The van der Waals surface area contributed by atoms with E-state index >= 15 is 0 Å². The Labute approximate surface area is 110 Å². The molecule has 1 saturated carbocycles. The topological polar surface area (TPSA) is 40.5 Å². The van der Waals surface area contributed by atoms with Gasteiger partial charge in [-0.25, -0.2) is 4.79 Å². The number of aromatic carboxylic acids is 1. The van der Waals surface area contributed by atoms with Gasteiger partial charge in [0.05, 0.1) is 5.56 Å². The van der Waals surface area contributed by atoms with Crippen LogP contribution >= 0.6 is 15.9 Å². The van der Waals surface area contributed by atoms with Crippen LogP contribution in [0.5, 0.6) is 0 Å². The van der Waals surface area contributed by atoms with Gasteiger partial charge in [-0.1, -0.05) is 6.42 Å². The Morgan fingerprint density at radius 3 is 2.71 bits per heavy atom. The van der Waals surface area contributed by atoms with E-state index in [9.17, 15) is 4.79 Å². The van der Waals surface area contributed by atoms with E-state index in [0.29, 0.717) is 10.0 Å². The molecule has 1 aromatic carbocycles. The zero-order valence-corrected chi connectivity index (χ0v) is 11.4. The Balaban J connectivity index is 2.10. The molecule has 0 bridgehead atoms. The van der Waals surface area contributed by atoms with Crippen LogP contribution in [0.2, 0.25) is 0 Å². The summed E-state index contributed by atoms with van der Waals surface area (Å²) in [5.41, 5.74) is 1.37. The molecule has 0 amide bonds. The highest BCUT2D eigenvalue weighted by Gasteiger charge is 2.19. The largest absolute Gasteiger partial charge is 0.478 e. The quantitative estimate of drug-likeness (QED) is 0.926. The monoisotopic (exact) mass is 297 g/mol. The standard InChI is InChI=1S/C13H16BrNO2/c1-15(8-9-3-2-4-9)10-5-6-11(13(16)17)12(14)7-10/h5-7,9H,2-4,8H2,1H3,(H,16,17). The summed E-state index contributed by atoms with van der Waals surface area (Å²) < 4.78 is 0.642. The summed E-state index contributed by atoms with van der Waals surface area (Å²) in [5, 5.41) is 8.94. The maximum atomic E-state index is 10.9. The maximum absolute atomic E-state index is 10.9. The lowest BCUT2D eigenvalue weighted by molar-refractivity contribution is 0.0696. The van der Waals surface area contributed by atoms with Gasteiger partial charge in [0.25, 0.3) is 0 Å². The predicted molar refractivity (Wildman–Crippen MR) is 71.7 cm³/mol. The van der Waals surface area contributed by atoms with Crippen LogP contribution in [-0.2, 0) is 0 Å². The van der Waals surface area contributed by atoms with Crippen LogP contribution in [0, 0.1) is 5.92 Å². The smallest absolute Gasteiger partial charge is 0.336 e. The van der Waals surface area contributed by atoms with Crippen molar-refractivity contribution in [3.8, 4) is 0 Å². The first kappa shape index (κ1) is 12.4. The first-order valence-electron chi connectivity index (χ1n) is 5.82. The first-order chi connectivity index (χ1) is 8.08. The van der Waals surface area contributed by atoms with Crippen LogP contribution in [0.4, 0.5) is 5.69 Å². The number of carbonyl (C=O) groups is 1. The van der Waals surface area contributed by atoms with Crippen molar-refractivity contribution in [3.63, 3.8) is 0 Å². The van der Waals surface area contributed by atoms with Crippen molar-refractivity contribution in [2.75, 3.05) is 18.5 Å².